The van der Waals surface area contributed by atoms with E-state index in [0.29, 0.717) is 5.69 Å². The minimum Gasteiger partial charge on any atom is -0.394 e. The van der Waals surface area contributed by atoms with E-state index in [4.69, 9.17) is 9.84 Å². The molecule has 1 aromatic rings. The third-order valence-corrected chi connectivity index (χ3v) is 3.23. The molecule has 5 N–H and O–H groups in total. The van der Waals surface area contributed by atoms with E-state index in [9.17, 15) is 25.4 Å². The molecule has 21 heavy (non-hydrogen) atoms. The Kier molecular flexibility index (Phi) is 4.70. The zero-order valence-electron chi connectivity index (χ0n) is 10.9. The summed E-state index contributed by atoms with van der Waals surface area (Å²) in [5.41, 5.74) is 0.180. The topological polar surface area (TPSA) is 145 Å². The lowest BCUT2D eigenvalue weighted by Gasteiger charge is -2.19. The monoisotopic (exact) mass is 300 g/mol. The number of hydrogen-bond donors (Lipinski definition) is 5. The fourth-order valence-electron chi connectivity index (χ4n) is 2.12. The van der Waals surface area contributed by atoms with Crippen molar-refractivity contribution < 1.29 is 30.1 Å². The van der Waals surface area contributed by atoms with E-state index >= 15 is 0 Å². The molecule has 1 aromatic carbocycles. The number of hydrogen-bond acceptors (Lipinski definition) is 8. The minimum absolute atomic E-state index is 0.139. The van der Waals surface area contributed by atoms with Crippen LogP contribution in [0.15, 0.2) is 24.3 Å². The molecular formula is C12H16N2O7. The summed E-state index contributed by atoms with van der Waals surface area (Å²) >= 11 is 0. The second-order valence-electron chi connectivity index (χ2n) is 4.70. The highest BCUT2D eigenvalue weighted by Gasteiger charge is 2.45. The number of rotatable bonds is 5. The molecule has 0 radical (unpaired) electrons. The molecule has 9 nitrogen and oxygen atoms in total. The molecule has 0 bridgehead atoms. The lowest BCUT2D eigenvalue weighted by atomic mass is 10.1. The van der Waals surface area contributed by atoms with Crippen molar-refractivity contribution in [2.75, 3.05) is 11.9 Å². The molecule has 1 aliphatic rings. The maximum Gasteiger partial charge on any atom is 0.271 e. The number of non-ortho nitro benzene ring substituents is 1. The van der Waals surface area contributed by atoms with Crippen molar-refractivity contribution in [2.45, 2.75) is 30.6 Å². The van der Waals surface area contributed by atoms with Crippen LogP contribution in [0.2, 0.25) is 0 Å². The second kappa shape index (κ2) is 6.33. The summed E-state index contributed by atoms with van der Waals surface area (Å²) in [5, 5.41) is 51.3. The zero-order valence-corrected chi connectivity index (χ0v) is 10.9. The third-order valence-electron chi connectivity index (χ3n) is 3.23. The Labute approximate surface area is 119 Å². The molecule has 0 aliphatic carbocycles. The van der Waals surface area contributed by atoms with Gasteiger partial charge in [0.2, 0.25) is 0 Å². The highest BCUT2D eigenvalue weighted by atomic mass is 16.6. The molecule has 1 heterocycles. The third kappa shape index (κ3) is 3.28. The molecule has 2 rings (SSSR count). The van der Waals surface area contributed by atoms with E-state index < -0.39 is 42.2 Å². The Morgan fingerprint density at radius 3 is 2.71 bits per heavy atom. The lowest BCUT2D eigenvalue weighted by molar-refractivity contribution is -0.384. The van der Waals surface area contributed by atoms with Gasteiger partial charge >= 0.3 is 0 Å². The largest absolute Gasteiger partial charge is 0.394 e. The van der Waals surface area contributed by atoms with Crippen molar-refractivity contribution in [3.05, 3.63) is 34.4 Å². The molecule has 5 atom stereocenters. The first kappa shape index (κ1) is 15.6. The van der Waals surface area contributed by atoms with Crippen LogP contribution in [0.1, 0.15) is 0 Å². The number of ether oxygens (including phenoxy) is 1. The standard InChI is InChI=1S/C12H16N2O7/c15-5-8(16)11-9(17)10(18)12(21-11)13-6-2-1-3-7(4-6)14(19)20/h1-4,8-13,15-18H,5H2/t8-,9+,10+,11-,12-/m1/s1. The first-order valence-electron chi connectivity index (χ1n) is 6.25. The number of nitro groups is 1. The molecule has 116 valence electrons. The Morgan fingerprint density at radius 2 is 2.10 bits per heavy atom. The fourth-order valence-corrected chi connectivity index (χ4v) is 2.12. The fraction of sp³-hybridized carbons (Fsp3) is 0.500. The molecule has 1 saturated heterocycles. The van der Waals surface area contributed by atoms with Gasteiger partial charge in [-0.25, -0.2) is 0 Å². The SMILES string of the molecule is O=[N+]([O-])c1cccc(N[C@@H]2O[C@H]([C@H](O)CO)[C@@H](O)[C@@H]2O)c1. The van der Waals surface area contributed by atoms with Crippen molar-refractivity contribution in [1.29, 1.82) is 0 Å². The maximum absolute atomic E-state index is 10.7. The molecule has 0 aromatic heterocycles. The van der Waals surface area contributed by atoms with Gasteiger partial charge in [-0.05, 0) is 6.07 Å². The highest BCUT2D eigenvalue weighted by molar-refractivity contribution is 5.51. The van der Waals surface area contributed by atoms with E-state index in [2.05, 4.69) is 5.32 Å². The van der Waals surface area contributed by atoms with Gasteiger partial charge in [0.25, 0.3) is 5.69 Å². The molecule has 1 aliphatic heterocycles. The van der Waals surface area contributed by atoms with Crippen LogP contribution in [0, 0.1) is 10.1 Å². The number of aliphatic hydroxyl groups is 4. The van der Waals surface area contributed by atoms with E-state index in [1.165, 1.54) is 24.3 Å². The number of aliphatic hydroxyl groups excluding tert-OH is 4. The molecule has 0 saturated carbocycles. The number of nitro benzene ring substituents is 1. The van der Waals surface area contributed by atoms with E-state index in [1.807, 2.05) is 0 Å². The summed E-state index contributed by atoms with van der Waals surface area (Å²) in [5.74, 6) is 0. The first-order chi connectivity index (χ1) is 9.93. The van der Waals surface area contributed by atoms with E-state index in [1.54, 1.807) is 0 Å². The average molecular weight is 300 g/mol. The highest BCUT2D eigenvalue weighted by Crippen LogP contribution is 2.26. The van der Waals surface area contributed by atoms with E-state index in [-0.39, 0.29) is 5.69 Å². The van der Waals surface area contributed by atoms with Crippen LogP contribution in [0.5, 0.6) is 0 Å². The molecule has 0 unspecified atom stereocenters. The number of benzene rings is 1. The predicted molar refractivity (Wildman–Crippen MR) is 70.5 cm³/mol. The Bertz CT molecular complexity index is 512. The Morgan fingerprint density at radius 1 is 1.38 bits per heavy atom. The zero-order chi connectivity index (χ0) is 15.6. The van der Waals surface area contributed by atoms with Crippen molar-refractivity contribution in [2.24, 2.45) is 0 Å². The summed E-state index contributed by atoms with van der Waals surface area (Å²) in [7, 11) is 0. The van der Waals surface area contributed by atoms with Gasteiger partial charge in [-0.3, -0.25) is 10.1 Å². The van der Waals surface area contributed by atoms with Crippen molar-refractivity contribution in [3.8, 4) is 0 Å². The van der Waals surface area contributed by atoms with Crippen LogP contribution >= 0.6 is 0 Å². The molecule has 0 spiro atoms. The summed E-state index contributed by atoms with van der Waals surface area (Å²) in [6, 6.07) is 5.55. The van der Waals surface area contributed by atoms with Gasteiger partial charge in [0, 0.05) is 17.8 Å². The van der Waals surface area contributed by atoms with E-state index in [0.717, 1.165) is 0 Å². The minimum atomic E-state index is -1.39. The summed E-state index contributed by atoms with van der Waals surface area (Å²) in [6.45, 7) is -0.627. The van der Waals surface area contributed by atoms with Crippen LogP contribution < -0.4 is 5.32 Å². The summed E-state index contributed by atoms with van der Waals surface area (Å²) < 4.78 is 5.25. The molecule has 0 amide bonds. The van der Waals surface area contributed by atoms with Gasteiger partial charge in [-0.2, -0.15) is 0 Å². The lowest BCUT2D eigenvalue weighted by Crippen LogP contribution is -2.40. The van der Waals surface area contributed by atoms with Crippen molar-refractivity contribution in [3.63, 3.8) is 0 Å². The summed E-state index contributed by atoms with van der Waals surface area (Å²) in [4.78, 5) is 10.1. The maximum atomic E-state index is 10.7. The van der Waals surface area contributed by atoms with Gasteiger partial charge in [-0.1, -0.05) is 6.07 Å². The number of nitrogens with zero attached hydrogens (tertiary/aromatic N) is 1. The van der Waals surface area contributed by atoms with Gasteiger partial charge in [0.1, 0.15) is 24.4 Å². The second-order valence-corrected chi connectivity index (χ2v) is 4.70. The van der Waals surface area contributed by atoms with Gasteiger partial charge in [-0.15, -0.1) is 0 Å². The Balaban J connectivity index is 2.09. The van der Waals surface area contributed by atoms with Gasteiger partial charge < -0.3 is 30.5 Å². The van der Waals surface area contributed by atoms with Crippen LogP contribution in [-0.4, -0.2) is 62.6 Å². The first-order valence-corrected chi connectivity index (χ1v) is 6.25. The van der Waals surface area contributed by atoms with Crippen molar-refractivity contribution in [1.82, 2.24) is 0 Å². The van der Waals surface area contributed by atoms with Crippen LogP contribution in [0.4, 0.5) is 11.4 Å². The quantitative estimate of drug-likeness (QED) is 0.337. The van der Waals surface area contributed by atoms with Gasteiger partial charge in [0.05, 0.1) is 11.5 Å². The number of nitrogens with one attached hydrogen (secondary N) is 1. The van der Waals surface area contributed by atoms with Crippen LogP contribution in [0.3, 0.4) is 0 Å². The van der Waals surface area contributed by atoms with Gasteiger partial charge in [0.15, 0.2) is 6.23 Å². The molecule has 1 fully saturated rings. The Hall–Kier alpha value is -1.78. The molecule has 9 heteroatoms. The smallest absolute Gasteiger partial charge is 0.271 e. The normalized spacial score (nSPS) is 30.1. The van der Waals surface area contributed by atoms with Crippen LogP contribution in [0.25, 0.3) is 0 Å². The van der Waals surface area contributed by atoms with Crippen LogP contribution in [-0.2, 0) is 4.74 Å². The average Bonchev–Trinajstić information content (AvgIpc) is 2.75. The predicted octanol–water partition coefficient (Wildman–Crippen LogP) is -1.19. The summed E-state index contributed by atoms with van der Waals surface area (Å²) in [6.07, 6.45) is -6.29. The number of anilines is 1. The molecular weight excluding hydrogens is 284 g/mol. The van der Waals surface area contributed by atoms with Crippen molar-refractivity contribution >= 4 is 11.4 Å².